The Labute approximate surface area is 163 Å². The van der Waals surface area contributed by atoms with E-state index in [4.69, 9.17) is 9.47 Å². The quantitative estimate of drug-likeness (QED) is 0.573. The largest absolute Gasteiger partial charge is 0.496 e. The van der Waals surface area contributed by atoms with Gasteiger partial charge in [-0.3, -0.25) is 0 Å². The number of aromatic nitrogens is 2. The first-order chi connectivity index (χ1) is 13.7. The molecule has 0 atom stereocenters. The van der Waals surface area contributed by atoms with Gasteiger partial charge >= 0.3 is 5.97 Å². The van der Waals surface area contributed by atoms with Crippen LogP contribution in [-0.4, -0.2) is 29.7 Å². The molecule has 1 heterocycles. The number of anilines is 3. The van der Waals surface area contributed by atoms with Crippen LogP contribution in [0.5, 0.6) is 5.75 Å². The average Bonchev–Trinajstić information content (AvgIpc) is 2.73. The van der Waals surface area contributed by atoms with E-state index < -0.39 is 0 Å². The molecule has 3 rings (SSSR count). The molecule has 1 aromatic heterocycles. The zero-order valence-electron chi connectivity index (χ0n) is 15.8. The van der Waals surface area contributed by atoms with Crippen molar-refractivity contribution in [1.82, 2.24) is 9.97 Å². The molecule has 0 aliphatic carbocycles. The molecule has 0 aliphatic rings. The number of rotatable bonds is 8. The van der Waals surface area contributed by atoms with E-state index >= 15 is 0 Å². The number of hydrogen-bond donors (Lipinski definition) is 2. The summed E-state index contributed by atoms with van der Waals surface area (Å²) < 4.78 is 10.3. The maximum atomic E-state index is 11.7. The van der Waals surface area contributed by atoms with Gasteiger partial charge in [0, 0.05) is 23.9 Å². The number of carbonyl (C=O) groups is 1. The minimum Gasteiger partial charge on any atom is -0.496 e. The van der Waals surface area contributed by atoms with E-state index in [1.807, 2.05) is 30.3 Å². The zero-order valence-corrected chi connectivity index (χ0v) is 15.8. The highest BCUT2D eigenvalue weighted by molar-refractivity contribution is 5.89. The van der Waals surface area contributed by atoms with Crippen molar-refractivity contribution < 1.29 is 14.3 Å². The minimum absolute atomic E-state index is 0.334. The SMILES string of the molecule is CCOC(=O)c1ccc(Nc2cc(NCc3ccccc3OC)ncn2)cc1. The van der Waals surface area contributed by atoms with Crippen molar-refractivity contribution in [1.29, 1.82) is 0 Å². The second kappa shape index (κ2) is 9.36. The van der Waals surface area contributed by atoms with Crippen LogP contribution in [0, 0.1) is 0 Å². The van der Waals surface area contributed by atoms with Crippen LogP contribution in [0.2, 0.25) is 0 Å². The lowest BCUT2D eigenvalue weighted by Crippen LogP contribution is -2.05. The second-order valence-corrected chi connectivity index (χ2v) is 5.88. The zero-order chi connectivity index (χ0) is 19.8. The van der Waals surface area contributed by atoms with Gasteiger partial charge in [-0.25, -0.2) is 14.8 Å². The van der Waals surface area contributed by atoms with Gasteiger partial charge in [-0.2, -0.15) is 0 Å². The fraction of sp³-hybridized carbons (Fsp3) is 0.190. The van der Waals surface area contributed by atoms with Gasteiger partial charge in [0.2, 0.25) is 0 Å². The third-order valence-electron chi connectivity index (χ3n) is 3.99. The van der Waals surface area contributed by atoms with Crippen LogP contribution in [-0.2, 0) is 11.3 Å². The fourth-order valence-electron chi connectivity index (χ4n) is 2.61. The van der Waals surface area contributed by atoms with Crippen LogP contribution in [0.4, 0.5) is 17.3 Å². The molecule has 2 N–H and O–H groups in total. The van der Waals surface area contributed by atoms with Gasteiger partial charge in [-0.1, -0.05) is 18.2 Å². The molecule has 7 heteroatoms. The number of esters is 1. The molecule has 0 amide bonds. The lowest BCUT2D eigenvalue weighted by Gasteiger charge is -2.11. The smallest absolute Gasteiger partial charge is 0.338 e. The highest BCUT2D eigenvalue weighted by Crippen LogP contribution is 2.20. The highest BCUT2D eigenvalue weighted by Gasteiger charge is 2.07. The van der Waals surface area contributed by atoms with Crippen molar-refractivity contribution in [3.8, 4) is 5.75 Å². The Balaban J connectivity index is 1.64. The molecule has 0 unspecified atom stereocenters. The molecule has 0 radical (unpaired) electrons. The molecular weight excluding hydrogens is 356 g/mol. The monoisotopic (exact) mass is 378 g/mol. The highest BCUT2D eigenvalue weighted by atomic mass is 16.5. The first-order valence-corrected chi connectivity index (χ1v) is 8.91. The van der Waals surface area contributed by atoms with E-state index in [0.717, 1.165) is 17.0 Å². The summed E-state index contributed by atoms with van der Waals surface area (Å²) in [5.74, 6) is 1.82. The molecule has 144 valence electrons. The van der Waals surface area contributed by atoms with Gasteiger partial charge < -0.3 is 20.1 Å². The van der Waals surface area contributed by atoms with Crippen LogP contribution in [0.25, 0.3) is 0 Å². The first kappa shape index (κ1) is 19.2. The molecule has 3 aromatic rings. The van der Waals surface area contributed by atoms with Crippen LogP contribution in [0.3, 0.4) is 0 Å². The second-order valence-electron chi connectivity index (χ2n) is 5.88. The van der Waals surface area contributed by atoms with Crippen LogP contribution < -0.4 is 15.4 Å². The summed E-state index contributed by atoms with van der Waals surface area (Å²) in [5.41, 5.74) is 2.35. The number of nitrogens with one attached hydrogen (secondary N) is 2. The number of benzene rings is 2. The standard InChI is InChI=1S/C21H22N4O3/c1-3-28-21(26)15-8-10-17(11-9-15)25-20-12-19(23-14-24-20)22-13-16-6-4-5-7-18(16)27-2/h4-12,14H,3,13H2,1-2H3,(H2,22,23,24,25). The number of para-hydroxylation sites is 1. The number of carbonyl (C=O) groups excluding carboxylic acids is 1. The van der Waals surface area contributed by atoms with Crippen molar-refractivity contribution in [2.75, 3.05) is 24.4 Å². The molecule has 0 spiro atoms. The maximum Gasteiger partial charge on any atom is 0.338 e. The van der Waals surface area contributed by atoms with Crippen LogP contribution in [0.1, 0.15) is 22.8 Å². The Kier molecular flexibility index (Phi) is 6.41. The molecule has 0 fully saturated rings. The van der Waals surface area contributed by atoms with Gasteiger partial charge in [0.1, 0.15) is 23.7 Å². The van der Waals surface area contributed by atoms with Gasteiger partial charge in [-0.05, 0) is 37.3 Å². The molecule has 0 saturated carbocycles. The predicted molar refractivity (Wildman–Crippen MR) is 108 cm³/mol. The summed E-state index contributed by atoms with van der Waals surface area (Å²) >= 11 is 0. The van der Waals surface area contributed by atoms with E-state index in [1.165, 1.54) is 6.33 Å². The summed E-state index contributed by atoms with van der Waals surface area (Å²) in [6.07, 6.45) is 1.49. The van der Waals surface area contributed by atoms with Gasteiger partial charge in [0.25, 0.3) is 0 Å². The molecular formula is C21H22N4O3. The summed E-state index contributed by atoms with van der Waals surface area (Å²) in [6, 6.07) is 16.7. The van der Waals surface area contributed by atoms with Crippen molar-refractivity contribution in [3.05, 3.63) is 72.1 Å². The normalized spacial score (nSPS) is 10.2. The maximum absolute atomic E-state index is 11.7. The average molecular weight is 378 g/mol. The van der Waals surface area contributed by atoms with Gasteiger partial charge in [-0.15, -0.1) is 0 Å². The minimum atomic E-state index is -0.334. The van der Waals surface area contributed by atoms with Gasteiger partial charge in [0.15, 0.2) is 0 Å². The van der Waals surface area contributed by atoms with E-state index in [9.17, 15) is 4.79 Å². The number of ether oxygens (including phenoxy) is 2. The Morgan fingerprint density at radius 2 is 1.79 bits per heavy atom. The third kappa shape index (κ3) is 4.97. The number of methoxy groups -OCH3 is 1. The van der Waals surface area contributed by atoms with Gasteiger partial charge in [0.05, 0.1) is 19.3 Å². The topological polar surface area (TPSA) is 85.4 Å². The Morgan fingerprint density at radius 1 is 1.04 bits per heavy atom. The lowest BCUT2D eigenvalue weighted by atomic mass is 10.2. The molecule has 0 aliphatic heterocycles. The van der Waals surface area contributed by atoms with E-state index in [2.05, 4.69) is 20.6 Å². The first-order valence-electron chi connectivity index (χ1n) is 8.91. The van der Waals surface area contributed by atoms with E-state index in [0.29, 0.717) is 30.4 Å². The van der Waals surface area contributed by atoms with Crippen LogP contribution >= 0.6 is 0 Å². The summed E-state index contributed by atoms with van der Waals surface area (Å²) in [4.78, 5) is 20.2. The van der Waals surface area contributed by atoms with Crippen molar-refractivity contribution >= 4 is 23.3 Å². The van der Waals surface area contributed by atoms with Crippen LogP contribution in [0.15, 0.2) is 60.9 Å². The molecule has 2 aromatic carbocycles. The number of hydrogen-bond acceptors (Lipinski definition) is 7. The van der Waals surface area contributed by atoms with Crippen molar-refractivity contribution in [3.63, 3.8) is 0 Å². The summed E-state index contributed by atoms with van der Waals surface area (Å²) in [5, 5.41) is 6.46. The fourth-order valence-corrected chi connectivity index (χ4v) is 2.61. The van der Waals surface area contributed by atoms with Crippen molar-refractivity contribution in [2.45, 2.75) is 13.5 Å². The van der Waals surface area contributed by atoms with E-state index in [1.54, 1.807) is 38.3 Å². The Bertz CT molecular complexity index is 929. The molecule has 0 saturated heterocycles. The number of nitrogens with zero attached hydrogens (tertiary/aromatic N) is 2. The third-order valence-corrected chi connectivity index (χ3v) is 3.99. The molecule has 0 bridgehead atoms. The lowest BCUT2D eigenvalue weighted by molar-refractivity contribution is 0.0526. The van der Waals surface area contributed by atoms with E-state index in [-0.39, 0.29) is 5.97 Å². The predicted octanol–water partition coefficient (Wildman–Crippen LogP) is 4.02. The molecule has 28 heavy (non-hydrogen) atoms. The van der Waals surface area contributed by atoms with Crippen molar-refractivity contribution in [2.24, 2.45) is 0 Å². The summed E-state index contributed by atoms with van der Waals surface area (Å²) in [6.45, 7) is 2.71. The Morgan fingerprint density at radius 3 is 2.54 bits per heavy atom. The molecule has 7 nitrogen and oxygen atoms in total. The summed E-state index contributed by atoms with van der Waals surface area (Å²) in [7, 11) is 1.65. The Hall–Kier alpha value is -3.61.